The largest absolute Gasteiger partial charge is 0.345 e. The molecule has 27 heavy (non-hydrogen) atoms. The Morgan fingerprint density at radius 1 is 1.19 bits per heavy atom. The lowest BCUT2D eigenvalue weighted by atomic mass is 10.2. The van der Waals surface area contributed by atoms with E-state index < -0.39 is 46.4 Å². The van der Waals surface area contributed by atoms with E-state index in [1.807, 2.05) is 5.32 Å². The number of nitro groups is 1. The molecule has 1 heterocycles. The molecule has 0 aliphatic heterocycles. The number of carbonyl (C=O) groups is 2. The van der Waals surface area contributed by atoms with Crippen molar-refractivity contribution in [3.8, 4) is 0 Å². The van der Waals surface area contributed by atoms with Crippen LogP contribution in [0.15, 0.2) is 12.1 Å². The molecule has 0 bridgehead atoms. The van der Waals surface area contributed by atoms with Gasteiger partial charge in [-0.25, -0.2) is 13.2 Å². The highest BCUT2D eigenvalue weighted by molar-refractivity contribution is 5.94. The van der Waals surface area contributed by atoms with E-state index >= 15 is 0 Å². The summed E-state index contributed by atoms with van der Waals surface area (Å²) in [6.45, 7) is 1.87. The zero-order chi connectivity index (χ0) is 20.3. The lowest BCUT2D eigenvalue weighted by Crippen LogP contribution is -2.35. The highest BCUT2D eigenvalue weighted by Crippen LogP contribution is 2.21. The third kappa shape index (κ3) is 4.40. The minimum Gasteiger partial charge on any atom is -0.345 e. The summed E-state index contributed by atoms with van der Waals surface area (Å²) in [5, 5.41) is 19.0. The minimum absolute atomic E-state index is 0.136. The lowest BCUT2D eigenvalue weighted by Gasteiger charge is -2.09. The second-order valence-corrected chi connectivity index (χ2v) is 5.48. The Hall–Kier alpha value is -3.44. The van der Waals surface area contributed by atoms with Gasteiger partial charge in [0, 0.05) is 0 Å². The normalized spacial score (nSPS) is 10.6. The Labute approximate surface area is 150 Å². The van der Waals surface area contributed by atoms with Crippen LogP contribution in [0.3, 0.4) is 0 Å². The molecule has 0 aliphatic rings. The summed E-state index contributed by atoms with van der Waals surface area (Å²) in [7, 11) is 0. The van der Waals surface area contributed by atoms with E-state index in [4.69, 9.17) is 0 Å². The topological polar surface area (TPSA) is 119 Å². The molecule has 1 aromatic heterocycles. The molecule has 0 aliphatic carbocycles. The summed E-state index contributed by atoms with van der Waals surface area (Å²) in [4.78, 5) is 33.9. The highest BCUT2D eigenvalue weighted by Gasteiger charge is 2.23. The van der Waals surface area contributed by atoms with Crippen LogP contribution in [0.1, 0.15) is 11.4 Å². The van der Waals surface area contributed by atoms with Gasteiger partial charge in [0.2, 0.25) is 11.8 Å². The summed E-state index contributed by atoms with van der Waals surface area (Å²) in [6.07, 6.45) is 0. The van der Waals surface area contributed by atoms with Crippen molar-refractivity contribution < 1.29 is 27.7 Å². The van der Waals surface area contributed by atoms with Crippen LogP contribution in [0, 0.1) is 41.4 Å². The molecule has 0 fully saturated rings. The highest BCUT2D eigenvalue weighted by atomic mass is 19.2. The maximum atomic E-state index is 13.5. The summed E-state index contributed by atoms with van der Waals surface area (Å²) >= 11 is 0. The predicted octanol–water partition coefficient (Wildman–Crippen LogP) is 1.58. The first-order valence-electron chi connectivity index (χ1n) is 7.50. The van der Waals surface area contributed by atoms with Crippen LogP contribution in [0.5, 0.6) is 0 Å². The first kappa shape index (κ1) is 19.9. The van der Waals surface area contributed by atoms with Crippen molar-refractivity contribution in [1.29, 1.82) is 0 Å². The fourth-order valence-electron chi connectivity index (χ4n) is 2.29. The number of anilines is 1. The zero-order valence-electron chi connectivity index (χ0n) is 14.2. The van der Waals surface area contributed by atoms with E-state index in [2.05, 4.69) is 10.4 Å². The molecule has 2 rings (SSSR count). The number of halogens is 3. The van der Waals surface area contributed by atoms with Crippen molar-refractivity contribution in [3.05, 3.63) is 51.1 Å². The van der Waals surface area contributed by atoms with Gasteiger partial charge >= 0.3 is 5.69 Å². The number of rotatable bonds is 6. The number of aromatic nitrogens is 2. The van der Waals surface area contributed by atoms with Crippen molar-refractivity contribution >= 4 is 23.2 Å². The molecule has 0 atom stereocenters. The first-order valence-corrected chi connectivity index (χ1v) is 7.50. The molecule has 0 saturated heterocycles. The Morgan fingerprint density at radius 3 is 2.44 bits per heavy atom. The second kappa shape index (κ2) is 7.85. The number of amides is 2. The maximum Gasteiger partial charge on any atom is 0.312 e. The van der Waals surface area contributed by atoms with Gasteiger partial charge in [-0.3, -0.25) is 24.4 Å². The van der Waals surface area contributed by atoms with Gasteiger partial charge in [0.05, 0.1) is 17.2 Å². The second-order valence-electron chi connectivity index (χ2n) is 5.48. The third-order valence-electron chi connectivity index (χ3n) is 3.57. The number of carbonyl (C=O) groups excluding carboxylic acids is 2. The van der Waals surface area contributed by atoms with Gasteiger partial charge < -0.3 is 10.6 Å². The molecule has 0 unspecified atom stereocenters. The van der Waals surface area contributed by atoms with Crippen LogP contribution < -0.4 is 10.6 Å². The molecule has 9 nitrogen and oxygen atoms in total. The molecule has 2 N–H and O–H groups in total. The van der Waals surface area contributed by atoms with Crippen LogP contribution in [0.4, 0.5) is 24.5 Å². The number of aryl methyl sites for hydroxylation is 1. The van der Waals surface area contributed by atoms with Gasteiger partial charge in [-0.15, -0.1) is 0 Å². The van der Waals surface area contributed by atoms with Crippen LogP contribution in [0.2, 0.25) is 0 Å². The van der Waals surface area contributed by atoms with Crippen LogP contribution in [-0.2, 0) is 16.1 Å². The van der Waals surface area contributed by atoms with E-state index in [1.54, 1.807) is 0 Å². The van der Waals surface area contributed by atoms with Gasteiger partial charge in [-0.05, 0) is 26.0 Å². The van der Waals surface area contributed by atoms with Crippen molar-refractivity contribution in [2.75, 3.05) is 11.9 Å². The predicted molar refractivity (Wildman–Crippen MR) is 86.3 cm³/mol. The maximum absolute atomic E-state index is 13.5. The van der Waals surface area contributed by atoms with Crippen LogP contribution in [0.25, 0.3) is 0 Å². The zero-order valence-corrected chi connectivity index (χ0v) is 14.2. The quantitative estimate of drug-likeness (QED) is 0.445. The molecule has 2 amide bonds. The monoisotopic (exact) mass is 385 g/mol. The van der Waals surface area contributed by atoms with Gasteiger partial charge in [-0.1, -0.05) is 0 Å². The Morgan fingerprint density at radius 2 is 1.85 bits per heavy atom. The Balaban J connectivity index is 1.94. The lowest BCUT2D eigenvalue weighted by molar-refractivity contribution is -0.386. The van der Waals surface area contributed by atoms with E-state index in [0.717, 1.165) is 10.7 Å². The molecule has 12 heteroatoms. The SMILES string of the molecule is Cc1nn(CC(=O)NCC(=O)Nc2ccc(F)c(F)c2F)c(C)c1[N+](=O)[O-]. The number of benzene rings is 1. The van der Waals surface area contributed by atoms with E-state index in [9.17, 15) is 32.9 Å². The molecular weight excluding hydrogens is 371 g/mol. The Kier molecular flexibility index (Phi) is 5.78. The Bertz CT molecular complexity index is 929. The van der Waals surface area contributed by atoms with E-state index in [-0.39, 0.29) is 23.6 Å². The van der Waals surface area contributed by atoms with Gasteiger partial charge in [0.25, 0.3) is 0 Å². The molecule has 0 spiro atoms. The first-order chi connectivity index (χ1) is 12.6. The van der Waals surface area contributed by atoms with Crippen LogP contribution >= 0.6 is 0 Å². The minimum atomic E-state index is -1.73. The van der Waals surface area contributed by atoms with Crippen molar-refractivity contribution in [2.45, 2.75) is 20.4 Å². The smallest absolute Gasteiger partial charge is 0.312 e. The summed E-state index contributed by atoms with van der Waals surface area (Å²) in [5.41, 5.74) is -0.491. The van der Waals surface area contributed by atoms with Gasteiger partial charge in [-0.2, -0.15) is 5.10 Å². The van der Waals surface area contributed by atoms with E-state index in [1.165, 1.54) is 13.8 Å². The standard InChI is InChI=1S/C15H14F3N5O4/c1-7-15(23(26)27)8(2)22(21-7)6-12(25)19-5-11(24)20-10-4-3-9(16)13(17)14(10)18/h3-4H,5-6H2,1-2H3,(H,19,25)(H,20,24). The van der Waals surface area contributed by atoms with Crippen molar-refractivity contribution in [3.63, 3.8) is 0 Å². The van der Waals surface area contributed by atoms with Gasteiger partial charge in [0.1, 0.15) is 17.9 Å². The number of nitrogens with zero attached hydrogens (tertiary/aromatic N) is 3. The average molecular weight is 385 g/mol. The summed E-state index contributed by atoms with van der Waals surface area (Å²) in [6, 6.07) is 1.48. The third-order valence-corrected chi connectivity index (χ3v) is 3.57. The number of hydrogen-bond acceptors (Lipinski definition) is 5. The van der Waals surface area contributed by atoms with E-state index in [0.29, 0.717) is 6.07 Å². The molecule has 144 valence electrons. The van der Waals surface area contributed by atoms with Crippen molar-refractivity contribution in [2.24, 2.45) is 0 Å². The fraction of sp³-hybridized carbons (Fsp3) is 0.267. The van der Waals surface area contributed by atoms with Crippen LogP contribution in [-0.4, -0.2) is 33.1 Å². The molecule has 2 aromatic rings. The fourth-order valence-corrected chi connectivity index (χ4v) is 2.29. The summed E-state index contributed by atoms with van der Waals surface area (Å²) in [5.74, 6) is -6.27. The average Bonchev–Trinajstić information content (AvgIpc) is 2.87. The number of nitrogens with one attached hydrogen (secondary N) is 2. The molecule has 0 saturated carbocycles. The molecule has 1 aromatic carbocycles. The van der Waals surface area contributed by atoms with Crippen molar-refractivity contribution in [1.82, 2.24) is 15.1 Å². The van der Waals surface area contributed by atoms with Gasteiger partial charge in [0.15, 0.2) is 17.5 Å². The summed E-state index contributed by atoms with van der Waals surface area (Å²) < 4.78 is 40.5. The number of hydrogen-bond donors (Lipinski definition) is 2. The molecule has 0 radical (unpaired) electrons. The molecular formula is C15H14F3N5O4.